The number of nitrogen functional groups attached to an aromatic ring is 2. The Morgan fingerprint density at radius 2 is 1.15 bits per heavy atom. The molecule has 0 saturated carbocycles. The van der Waals surface area contributed by atoms with Crippen molar-refractivity contribution in [2.45, 2.75) is 51.6 Å². The smallest absolute Gasteiger partial charge is 0.328 e. The Morgan fingerprint density at radius 1 is 0.794 bits per heavy atom. The van der Waals surface area contributed by atoms with Gasteiger partial charge in [-0.25, -0.2) is 19.6 Å². The predicted octanol–water partition coefficient (Wildman–Crippen LogP) is -0.360. The van der Waals surface area contributed by atoms with Crippen molar-refractivity contribution >= 4 is 35.4 Å². The second-order valence-corrected chi connectivity index (χ2v) is 7.28. The average molecular weight is 485 g/mol. The predicted molar refractivity (Wildman–Crippen MR) is 120 cm³/mol. The second kappa shape index (κ2) is 14.6. The number of carboxylic acids is 2. The highest BCUT2D eigenvalue weighted by Gasteiger charge is 2.27. The van der Waals surface area contributed by atoms with Crippen LogP contribution in [0.3, 0.4) is 0 Å². The molecular formula is C20H32N6O8. The number of anilines is 2. The fourth-order valence-corrected chi connectivity index (χ4v) is 2.49. The van der Waals surface area contributed by atoms with Crippen molar-refractivity contribution < 1.29 is 38.9 Å². The van der Waals surface area contributed by atoms with E-state index < -0.39 is 58.9 Å². The molecule has 2 amide bonds. The molecule has 14 heteroatoms. The Bertz CT molecular complexity index is 796. The van der Waals surface area contributed by atoms with Crippen LogP contribution in [0.1, 0.15) is 60.5 Å². The lowest BCUT2D eigenvalue weighted by molar-refractivity contribution is -0.141. The van der Waals surface area contributed by atoms with Gasteiger partial charge in [0.25, 0.3) is 11.8 Å². The molecule has 1 aromatic rings. The van der Waals surface area contributed by atoms with Gasteiger partial charge in [0.2, 0.25) is 0 Å². The van der Waals surface area contributed by atoms with Crippen LogP contribution in [-0.2, 0) is 19.1 Å². The number of nitrogens with one attached hydrogen (secondary N) is 2. The van der Waals surface area contributed by atoms with E-state index in [1.54, 1.807) is 0 Å². The van der Waals surface area contributed by atoms with E-state index in [-0.39, 0.29) is 13.2 Å². The van der Waals surface area contributed by atoms with Gasteiger partial charge in [-0.15, -0.1) is 0 Å². The monoisotopic (exact) mass is 484 g/mol. The molecule has 190 valence electrons. The third-order valence-electron chi connectivity index (χ3n) is 4.44. The first-order valence-corrected chi connectivity index (χ1v) is 10.8. The van der Waals surface area contributed by atoms with Crippen LogP contribution in [0.25, 0.3) is 0 Å². The van der Waals surface area contributed by atoms with Crippen molar-refractivity contribution in [3.8, 4) is 0 Å². The number of carbonyl (C=O) groups excluding carboxylic acids is 2. The third-order valence-corrected chi connectivity index (χ3v) is 4.44. The molecule has 1 aromatic heterocycles. The summed E-state index contributed by atoms with van der Waals surface area (Å²) in [4.78, 5) is 55.3. The van der Waals surface area contributed by atoms with E-state index in [2.05, 4.69) is 20.6 Å². The van der Waals surface area contributed by atoms with Gasteiger partial charge in [-0.1, -0.05) is 26.7 Å². The first-order valence-electron chi connectivity index (χ1n) is 10.8. The number of carbonyl (C=O) groups is 4. The van der Waals surface area contributed by atoms with Crippen molar-refractivity contribution in [1.82, 2.24) is 20.6 Å². The highest BCUT2D eigenvalue weighted by molar-refractivity contribution is 6.02. The minimum absolute atomic E-state index is 0.277. The van der Waals surface area contributed by atoms with Gasteiger partial charge in [0.1, 0.15) is 0 Å². The molecule has 0 aromatic carbocycles. The lowest BCUT2D eigenvalue weighted by atomic mass is 10.2. The van der Waals surface area contributed by atoms with Crippen LogP contribution in [-0.4, -0.2) is 82.4 Å². The molecule has 0 spiro atoms. The summed E-state index contributed by atoms with van der Waals surface area (Å²) in [7, 11) is 0. The van der Waals surface area contributed by atoms with Gasteiger partial charge in [0.15, 0.2) is 35.1 Å². The Labute approximate surface area is 196 Å². The van der Waals surface area contributed by atoms with Gasteiger partial charge in [0.05, 0.1) is 13.2 Å². The van der Waals surface area contributed by atoms with E-state index in [0.717, 1.165) is 25.7 Å². The van der Waals surface area contributed by atoms with Gasteiger partial charge in [0, 0.05) is 13.2 Å². The molecular weight excluding hydrogens is 452 g/mol. The topological polar surface area (TPSA) is 229 Å². The van der Waals surface area contributed by atoms with Crippen LogP contribution in [0.5, 0.6) is 0 Å². The molecule has 0 aliphatic rings. The van der Waals surface area contributed by atoms with Crippen molar-refractivity contribution in [3.63, 3.8) is 0 Å². The number of amides is 2. The Morgan fingerprint density at radius 3 is 1.44 bits per heavy atom. The van der Waals surface area contributed by atoms with Gasteiger partial charge < -0.3 is 41.8 Å². The molecule has 1 heterocycles. The molecule has 14 nitrogen and oxygen atoms in total. The molecule has 0 fully saturated rings. The van der Waals surface area contributed by atoms with Crippen LogP contribution in [0.2, 0.25) is 0 Å². The first kappa shape index (κ1) is 28.5. The van der Waals surface area contributed by atoms with Gasteiger partial charge >= 0.3 is 11.9 Å². The molecule has 0 unspecified atom stereocenters. The Balaban J connectivity index is 2.91. The normalized spacial score (nSPS) is 12.5. The van der Waals surface area contributed by atoms with Gasteiger partial charge in [-0.05, 0) is 12.8 Å². The molecule has 0 bridgehead atoms. The number of hydrogen-bond acceptors (Lipinski definition) is 10. The van der Waals surface area contributed by atoms with E-state index in [9.17, 15) is 29.4 Å². The lowest BCUT2D eigenvalue weighted by Gasteiger charge is -2.17. The van der Waals surface area contributed by atoms with Crippen LogP contribution >= 0.6 is 0 Å². The molecule has 2 atom stereocenters. The van der Waals surface area contributed by atoms with Crippen LogP contribution in [0.4, 0.5) is 11.6 Å². The van der Waals surface area contributed by atoms with Crippen molar-refractivity contribution in [2.75, 3.05) is 37.9 Å². The molecule has 0 aliphatic heterocycles. The second-order valence-electron chi connectivity index (χ2n) is 7.28. The zero-order valence-electron chi connectivity index (χ0n) is 19.2. The minimum Gasteiger partial charge on any atom is -0.480 e. The standard InChI is InChI=1S/C20H32N6O8/c1-3-5-7-33-9-11(19(29)30)23-17(27)13-15(21)26-14(16(22)25-13)18(28)24-12(20(31)32)10-34-8-6-4-2/h11-12H,3-10H2,1-2H3,(H2,22,25)(H2,21,26)(H,23,27)(H,24,28)(H,29,30)(H,31,32)/t11-,12-/m1/s1. The zero-order chi connectivity index (χ0) is 25.7. The number of ether oxygens (including phenoxy) is 2. The van der Waals surface area contributed by atoms with Crippen molar-refractivity contribution in [3.05, 3.63) is 11.4 Å². The van der Waals surface area contributed by atoms with Crippen molar-refractivity contribution in [1.29, 1.82) is 0 Å². The van der Waals surface area contributed by atoms with E-state index >= 15 is 0 Å². The first-order chi connectivity index (χ1) is 16.1. The molecule has 1 rings (SSSR count). The maximum atomic E-state index is 12.5. The quantitative estimate of drug-likeness (QED) is 0.165. The Kier molecular flexibility index (Phi) is 12.2. The van der Waals surface area contributed by atoms with Crippen LogP contribution < -0.4 is 22.1 Å². The average Bonchev–Trinajstić information content (AvgIpc) is 2.78. The fraction of sp³-hybridized carbons (Fsp3) is 0.600. The lowest BCUT2D eigenvalue weighted by Crippen LogP contribution is -2.45. The van der Waals surface area contributed by atoms with Crippen LogP contribution in [0.15, 0.2) is 0 Å². The minimum atomic E-state index is -1.38. The summed E-state index contributed by atoms with van der Waals surface area (Å²) < 4.78 is 10.5. The number of unbranched alkanes of at least 4 members (excludes halogenated alkanes) is 2. The summed E-state index contributed by atoms with van der Waals surface area (Å²) >= 11 is 0. The maximum Gasteiger partial charge on any atom is 0.328 e. The molecule has 0 saturated heterocycles. The summed E-state index contributed by atoms with van der Waals surface area (Å²) in [5.74, 6) is -5.63. The number of rotatable bonds is 16. The van der Waals surface area contributed by atoms with Gasteiger partial charge in [-0.3, -0.25) is 9.59 Å². The molecule has 34 heavy (non-hydrogen) atoms. The zero-order valence-corrected chi connectivity index (χ0v) is 19.2. The number of nitrogens with two attached hydrogens (primary N) is 2. The summed E-state index contributed by atoms with van der Waals surface area (Å²) in [5, 5.41) is 23.0. The number of aromatic nitrogens is 2. The SMILES string of the molecule is CCCCOC[C@@H](NC(=O)c1nc(N)c(C(=O)N[C@H](COCCCC)C(=O)O)nc1N)C(=O)O. The van der Waals surface area contributed by atoms with E-state index in [1.165, 1.54) is 0 Å². The molecule has 0 aliphatic carbocycles. The fourth-order valence-electron chi connectivity index (χ4n) is 2.49. The number of carboxylic acid groups (broad SMARTS) is 2. The summed E-state index contributed by atoms with van der Waals surface area (Å²) in [5.41, 5.74) is 10.5. The van der Waals surface area contributed by atoms with E-state index in [4.69, 9.17) is 20.9 Å². The number of hydrogen-bond donors (Lipinski definition) is 6. The third kappa shape index (κ3) is 9.15. The summed E-state index contributed by atoms with van der Waals surface area (Å²) in [6.45, 7) is 3.99. The maximum absolute atomic E-state index is 12.5. The molecule has 8 N–H and O–H groups in total. The Hall–Kier alpha value is -3.52. The summed E-state index contributed by atoms with van der Waals surface area (Å²) in [6.07, 6.45) is 3.17. The number of nitrogens with zero attached hydrogens (tertiary/aromatic N) is 2. The van der Waals surface area contributed by atoms with Gasteiger partial charge in [-0.2, -0.15) is 0 Å². The number of aliphatic carboxylic acids is 2. The summed E-state index contributed by atoms with van der Waals surface area (Å²) in [6, 6.07) is -2.75. The van der Waals surface area contributed by atoms with Crippen molar-refractivity contribution in [2.24, 2.45) is 0 Å². The van der Waals surface area contributed by atoms with E-state index in [1.807, 2.05) is 13.8 Å². The van der Waals surface area contributed by atoms with Crippen LogP contribution in [0, 0.1) is 0 Å². The highest BCUT2D eigenvalue weighted by Crippen LogP contribution is 2.14. The largest absolute Gasteiger partial charge is 0.480 e. The highest BCUT2D eigenvalue weighted by atomic mass is 16.5. The van der Waals surface area contributed by atoms with E-state index in [0.29, 0.717) is 13.2 Å². The molecule has 0 radical (unpaired) electrons.